The number of benzene rings is 2. The number of nitrogen functional groups attached to an aromatic ring is 1. The van der Waals surface area contributed by atoms with Gasteiger partial charge in [-0.15, -0.1) is 0 Å². The van der Waals surface area contributed by atoms with Crippen molar-refractivity contribution in [2.45, 2.75) is 25.5 Å². The molecule has 3 aromatic rings. The average molecular weight is 580 g/mol. The average Bonchev–Trinajstić information content (AvgIpc) is 2.97. The Kier molecular flexibility index (Phi) is 9.13. The van der Waals surface area contributed by atoms with Crippen LogP contribution in [0, 0.1) is 17.0 Å². The number of nitrogens with two attached hydrogens (primary N) is 1. The Labute approximate surface area is 243 Å². The highest BCUT2D eigenvalue weighted by Crippen LogP contribution is 2.27. The molecule has 222 valence electrons. The number of ether oxygens (including phenoxy) is 2. The Morgan fingerprint density at radius 2 is 1.79 bits per heavy atom. The van der Waals surface area contributed by atoms with E-state index in [4.69, 9.17) is 20.6 Å². The van der Waals surface area contributed by atoms with Crippen molar-refractivity contribution < 1.29 is 23.0 Å². The number of carbonyl (C=O) groups excluding carboxylic acids is 1. The van der Waals surface area contributed by atoms with E-state index in [-0.39, 0.29) is 41.3 Å². The number of rotatable bonds is 8. The first-order valence-corrected chi connectivity index (χ1v) is 13.9. The second kappa shape index (κ2) is 13.1. The zero-order valence-electron chi connectivity index (χ0n) is 23.5. The third kappa shape index (κ3) is 7.31. The smallest absolute Gasteiger partial charge is 0.258 e. The van der Waals surface area contributed by atoms with E-state index in [1.54, 1.807) is 6.07 Å². The van der Waals surface area contributed by atoms with Crippen LogP contribution in [0.2, 0.25) is 0 Å². The molecule has 0 unspecified atom stereocenters. The van der Waals surface area contributed by atoms with E-state index >= 15 is 0 Å². The van der Waals surface area contributed by atoms with E-state index < -0.39 is 17.5 Å². The Morgan fingerprint density at radius 1 is 1.07 bits per heavy atom. The molecule has 0 spiro atoms. The number of likely N-dealkylation sites (N-methyl/N-ethyl adjacent to an activating group) is 1. The quantitative estimate of drug-likeness (QED) is 0.235. The van der Waals surface area contributed by atoms with E-state index in [0.717, 1.165) is 62.9 Å². The normalized spacial score (nSPS) is 16.2. The van der Waals surface area contributed by atoms with Crippen LogP contribution in [-0.4, -0.2) is 74.1 Å². The van der Waals surface area contributed by atoms with Gasteiger partial charge >= 0.3 is 0 Å². The number of halogens is 2. The molecular formula is C30H35F2N7O3. The number of anilines is 3. The molecule has 10 nitrogen and oxygen atoms in total. The summed E-state index contributed by atoms with van der Waals surface area (Å²) in [5.41, 5.74) is 8.63. The summed E-state index contributed by atoms with van der Waals surface area (Å²) in [7, 11) is 2.10. The van der Waals surface area contributed by atoms with Crippen molar-refractivity contribution in [1.29, 1.82) is 5.41 Å². The lowest BCUT2D eigenvalue weighted by Crippen LogP contribution is -2.44. The molecule has 0 radical (unpaired) electrons. The minimum Gasteiger partial charge on any atom is -0.473 e. The predicted molar refractivity (Wildman–Crippen MR) is 157 cm³/mol. The maximum Gasteiger partial charge on any atom is 0.258 e. The van der Waals surface area contributed by atoms with Crippen LogP contribution in [-0.2, 0) is 11.3 Å². The Balaban J connectivity index is 1.32. The second-order valence-electron chi connectivity index (χ2n) is 10.5. The third-order valence-electron chi connectivity index (χ3n) is 7.38. The van der Waals surface area contributed by atoms with Gasteiger partial charge in [0.25, 0.3) is 5.91 Å². The number of aromatic nitrogens is 1. The summed E-state index contributed by atoms with van der Waals surface area (Å²) in [6, 6.07) is 11.9. The predicted octanol–water partition coefficient (Wildman–Crippen LogP) is 3.62. The molecule has 2 aliphatic rings. The van der Waals surface area contributed by atoms with Gasteiger partial charge in [-0.05, 0) is 61.9 Å². The van der Waals surface area contributed by atoms with Crippen molar-refractivity contribution in [3.8, 4) is 5.88 Å². The molecule has 1 amide bonds. The first-order chi connectivity index (χ1) is 20.2. The monoisotopic (exact) mass is 579 g/mol. The fourth-order valence-electron chi connectivity index (χ4n) is 5.00. The number of nitrogens with one attached hydrogen (secondary N) is 3. The Hall–Kier alpha value is -4.29. The minimum absolute atomic E-state index is 0.0132. The van der Waals surface area contributed by atoms with Crippen LogP contribution in [0.4, 0.5) is 25.8 Å². The van der Waals surface area contributed by atoms with Crippen molar-refractivity contribution in [2.75, 3.05) is 62.4 Å². The van der Waals surface area contributed by atoms with Crippen LogP contribution in [0.25, 0.3) is 0 Å². The van der Waals surface area contributed by atoms with Crippen molar-refractivity contribution >= 4 is 28.8 Å². The molecule has 0 atom stereocenters. The molecule has 2 fully saturated rings. The van der Waals surface area contributed by atoms with Gasteiger partial charge in [-0.1, -0.05) is 0 Å². The van der Waals surface area contributed by atoms with Crippen molar-refractivity contribution in [1.82, 2.24) is 15.2 Å². The molecule has 3 heterocycles. The number of hydrogen-bond acceptors (Lipinski definition) is 9. The van der Waals surface area contributed by atoms with Gasteiger partial charge in [0.05, 0.1) is 11.3 Å². The lowest BCUT2D eigenvalue weighted by atomic mass is 10.1. The SMILES string of the molecule is CN1CCN(c2ccc(C(=O)NC(=N)c3nc(OCc4cc(F)cc(F)c4)ccc3N)c(NC3CCOCC3)c2)CC1. The number of amidine groups is 1. The van der Waals surface area contributed by atoms with E-state index in [0.29, 0.717) is 24.5 Å². The summed E-state index contributed by atoms with van der Waals surface area (Å²) < 4.78 is 38.1. The Bertz CT molecular complexity index is 1420. The first-order valence-electron chi connectivity index (χ1n) is 13.9. The summed E-state index contributed by atoms with van der Waals surface area (Å²) in [5, 5.41) is 14.7. The largest absolute Gasteiger partial charge is 0.473 e. The molecule has 1 aromatic heterocycles. The number of pyridine rings is 1. The number of carbonyl (C=O) groups is 1. The molecule has 2 aromatic carbocycles. The van der Waals surface area contributed by atoms with Crippen LogP contribution in [0.15, 0.2) is 48.5 Å². The van der Waals surface area contributed by atoms with Crippen molar-refractivity contribution in [3.63, 3.8) is 0 Å². The highest BCUT2D eigenvalue weighted by atomic mass is 19.1. The van der Waals surface area contributed by atoms with E-state index in [1.165, 1.54) is 12.1 Å². The van der Waals surface area contributed by atoms with Gasteiger partial charge < -0.3 is 35.6 Å². The third-order valence-corrected chi connectivity index (χ3v) is 7.38. The molecule has 5 rings (SSSR count). The summed E-state index contributed by atoms with van der Waals surface area (Å²) in [4.78, 5) is 22.3. The van der Waals surface area contributed by atoms with Gasteiger partial charge in [-0.25, -0.2) is 13.8 Å². The standard InChI is InChI=1S/C30H35F2N7O3/c1-38-8-10-39(11-9-38)23-2-3-24(26(17-23)35-22-6-12-41-13-7-22)30(40)37-29(34)28-25(33)4-5-27(36-28)42-18-19-14-20(31)16-21(32)15-19/h2-5,14-17,22,35H,6-13,18,33H2,1H3,(H2,34,37,40). The highest BCUT2D eigenvalue weighted by Gasteiger charge is 2.22. The molecule has 2 aliphatic heterocycles. The summed E-state index contributed by atoms with van der Waals surface area (Å²) in [6.07, 6.45) is 1.65. The van der Waals surface area contributed by atoms with Gasteiger partial charge in [0.2, 0.25) is 5.88 Å². The molecule has 0 saturated carbocycles. The van der Waals surface area contributed by atoms with Gasteiger partial charge in [0.1, 0.15) is 23.9 Å². The maximum absolute atomic E-state index is 13.5. The minimum atomic E-state index is -0.716. The number of amides is 1. The number of nitrogens with zero attached hydrogens (tertiary/aromatic N) is 3. The van der Waals surface area contributed by atoms with Crippen LogP contribution in [0.5, 0.6) is 5.88 Å². The van der Waals surface area contributed by atoms with Gasteiger partial charge in [0, 0.05) is 68.9 Å². The van der Waals surface area contributed by atoms with E-state index in [9.17, 15) is 13.6 Å². The van der Waals surface area contributed by atoms with Crippen LogP contribution in [0.3, 0.4) is 0 Å². The van der Waals surface area contributed by atoms with Gasteiger partial charge in [0.15, 0.2) is 5.84 Å². The first kappa shape index (κ1) is 29.2. The molecular weight excluding hydrogens is 544 g/mol. The molecule has 2 saturated heterocycles. The molecule has 0 aliphatic carbocycles. The van der Waals surface area contributed by atoms with E-state index in [1.807, 2.05) is 12.1 Å². The lowest BCUT2D eigenvalue weighted by molar-refractivity contribution is 0.0904. The summed E-state index contributed by atoms with van der Waals surface area (Å²) in [5.74, 6) is -2.14. The van der Waals surface area contributed by atoms with Crippen molar-refractivity contribution in [3.05, 3.63) is 77.0 Å². The number of hydrogen-bond donors (Lipinski definition) is 4. The van der Waals surface area contributed by atoms with E-state index in [2.05, 4.69) is 32.5 Å². The van der Waals surface area contributed by atoms with Crippen molar-refractivity contribution in [2.24, 2.45) is 0 Å². The zero-order chi connectivity index (χ0) is 29.6. The van der Waals surface area contributed by atoms with Crippen LogP contribution in [0.1, 0.15) is 34.5 Å². The van der Waals surface area contributed by atoms with Crippen LogP contribution < -0.4 is 26.0 Å². The zero-order valence-corrected chi connectivity index (χ0v) is 23.5. The molecule has 0 bridgehead atoms. The summed E-state index contributed by atoms with van der Waals surface area (Å²) >= 11 is 0. The fraction of sp³-hybridized carbons (Fsp3) is 0.367. The lowest BCUT2D eigenvalue weighted by Gasteiger charge is -2.34. The fourth-order valence-corrected chi connectivity index (χ4v) is 5.00. The van der Waals surface area contributed by atoms with Gasteiger partial charge in [-0.3, -0.25) is 10.2 Å². The molecule has 5 N–H and O–H groups in total. The highest BCUT2D eigenvalue weighted by molar-refractivity contribution is 6.14. The topological polar surface area (TPSA) is 129 Å². The number of piperazine rings is 1. The molecule has 12 heteroatoms. The van der Waals surface area contributed by atoms with Crippen LogP contribution >= 0.6 is 0 Å². The maximum atomic E-state index is 13.5. The second-order valence-corrected chi connectivity index (χ2v) is 10.5. The summed E-state index contributed by atoms with van der Waals surface area (Å²) in [6.45, 7) is 4.85. The van der Waals surface area contributed by atoms with Gasteiger partial charge in [-0.2, -0.15) is 0 Å². The molecule has 42 heavy (non-hydrogen) atoms. The Morgan fingerprint density at radius 3 is 2.50 bits per heavy atom.